The number of hydrogen-bond donors (Lipinski definition) is 2. The summed E-state index contributed by atoms with van der Waals surface area (Å²) >= 11 is 0. The molecule has 3 N–H and O–H groups in total. The Morgan fingerprint density at radius 3 is 2.32 bits per heavy atom. The topological polar surface area (TPSA) is 47.3 Å². The summed E-state index contributed by atoms with van der Waals surface area (Å²) < 4.78 is 6.21. The van der Waals surface area contributed by atoms with E-state index in [0.29, 0.717) is 6.54 Å². The van der Waals surface area contributed by atoms with Gasteiger partial charge in [-0.2, -0.15) is 0 Å². The zero-order valence-corrected chi connectivity index (χ0v) is 12.7. The van der Waals surface area contributed by atoms with Crippen molar-refractivity contribution in [2.24, 2.45) is 5.73 Å². The molecule has 1 atom stereocenters. The second kappa shape index (κ2) is 4.50. The number of nitrogens with one attached hydrogen (secondary N) is 1. The predicted molar refractivity (Wildman–Crippen MR) is 80.4 cm³/mol. The van der Waals surface area contributed by atoms with Crippen LogP contribution in [-0.2, 0) is 4.74 Å². The van der Waals surface area contributed by atoms with E-state index >= 15 is 0 Å². The number of rotatable bonds is 3. The van der Waals surface area contributed by atoms with Crippen LogP contribution in [0.1, 0.15) is 39.7 Å². The first-order valence-electron chi connectivity index (χ1n) is 6.95. The van der Waals surface area contributed by atoms with Gasteiger partial charge in [-0.3, -0.25) is 0 Å². The third-order valence-electron chi connectivity index (χ3n) is 4.28. The lowest BCUT2D eigenvalue weighted by Crippen LogP contribution is -2.57. The lowest BCUT2D eigenvalue weighted by atomic mass is 9.78. The van der Waals surface area contributed by atoms with E-state index in [4.69, 9.17) is 10.5 Å². The van der Waals surface area contributed by atoms with Crippen LogP contribution in [0.5, 0.6) is 0 Å². The Morgan fingerprint density at radius 1 is 1.21 bits per heavy atom. The summed E-state index contributed by atoms with van der Waals surface area (Å²) in [6, 6.07) is 8.32. The molecule has 2 rings (SSSR count). The van der Waals surface area contributed by atoms with Gasteiger partial charge in [0.05, 0.1) is 16.7 Å². The van der Waals surface area contributed by atoms with Crippen LogP contribution < -0.4 is 11.1 Å². The molecule has 106 valence electrons. The molecule has 0 saturated carbocycles. The number of ether oxygens (including phenoxy) is 1. The van der Waals surface area contributed by atoms with Gasteiger partial charge < -0.3 is 15.8 Å². The maximum Gasteiger partial charge on any atom is 0.0875 e. The Morgan fingerprint density at radius 2 is 1.84 bits per heavy atom. The summed E-state index contributed by atoms with van der Waals surface area (Å²) in [6.07, 6.45) is 0.901. The fraction of sp³-hybridized carbons (Fsp3) is 0.625. The Kier molecular flexibility index (Phi) is 3.40. The van der Waals surface area contributed by atoms with E-state index in [1.165, 1.54) is 5.56 Å². The van der Waals surface area contributed by atoms with Gasteiger partial charge in [0.25, 0.3) is 0 Å². The lowest BCUT2D eigenvalue weighted by molar-refractivity contribution is -0.0753. The molecule has 3 heteroatoms. The van der Waals surface area contributed by atoms with Crippen molar-refractivity contribution in [2.75, 3.05) is 11.9 Å². The summed E-state index contributed by atoms with van der Waals surface area (Å²) in [4.78, 5) is 0. The molecule has 1 aliphatic rings. The van der Waals surface area contributed by atoms with Gasteiger partial charge in [-0.15, -0.1) is 0 Å². The minimum absolute atomic E-state index is 0.154. The molecule has 0 bridgehead atoms. The lowest BCUT2D eigenvalue weighted by Gasteiger charge is -2.40. The third-order valence-corrected chi connectivity index (χ3v) is 4.28. The average molecular weight is 262 g/mol. The van der Waals surface area contributed by atoms with Crippen LogP contribution in [0.15, 0.2) is 24.3 Å². The standard InChI is InChI=1S/C16H26N2O/c1-12-8-6-7-9-13(12)18-16(11-17)10-14(2,3)19-15(16,4)5/h6-9,18H,10-11,17H2,1-5H3. The number of benzene rings is 1. The van der Waals surface area contributed by atoms with E-state index < -0.39 is 0 Å². The fourth-order valence-electron chi connectivity index (χ4n) is 3.30. The van der Waals surface area contributed by atoms with Gasteiger partial charge in [0.1, 0.15) is 0 Å². The summed E-state index contributed by atoms with van der Waals surface area (Å²) in [6.45, 7) is 11.2. The minimum Gasteiger partial charge on any atom is -0.375 e. The highest BCUT2D eigenvalue weighted by molar-refractivity contribution is 5.53. The van der Waals surface area contributed by atoms with Crippen molar-refractivity contribution < 1.29 is 4.74 Å². The van der Waals surface area contributed by atoms with Crippen LogP contribution in [0.3, 0.4) is 0 Å². The van der Waals surface area contributed by atoms with Crippen molar-refractivity contribution in [3.05, 3.63) is 29.8 Å². The highest BCUT2D eigenvalue weighted by Gasteiger charge is 2.56. The number of para-hydroxylation sites is 1. The van der Waals surface area contributed by atoms with E-state index in [0.717, 1.165) is 12.1 Å². The van der Waals surface area contributed by atoms with Crippen molar-refractivity contribution in [3.63, 3.8) is 0 Å². The van der Waals surface area contributed by atoms with Crippen LogP contribution in [-0.4, -0.2) is 23.3 Å². The van der Waals surface area contributed by atoms with E-state index in [2.05, 4.69) is 58.1 Å². The molecule has 0 aliphatic carbocycles. The molecule has 19 heavy (non-hydrogen) atoms. The maximum atomic E-state index is 6.21. The molecule has 1 heterocycles. The first kappa shape index (κ1) is 14.4. The second-order valence-corrected chi connectivity index (χ2v) is 6.77. The van der Waals surface area contributed by atoms with Crippen molar-refractivity contribution in [3.8, 4) is 0 Å². The summed E-state index contributed by atoms with van der Waals surface area (Å²) in [5, 5.41) is 3.67. The van der Waals surface area contributed by atoms with Crippen molar-refractivity contribution >= 4 is 5.69 Å². The molecule has 0 spiro atoms. The van der Waals surface area contributed by atoms with Gasteiger partial charge in [-0.1, -0.05) is 18.2 Å². The van der Waals surface area contributed by atoms with Crippen molar-refractivity contribution in [2.45, 2.75) is 57.8 Å². The summed E-state index contributed by atoms with van der Waals surface area (Å²) in [5.74, 6) is 0. The second-order valence-electron chi connectivity index (χ2n) is 6.77. The molecule has 0 aromatic heterocycles. The zero-order chi connectivity index (χ0) is 14.3. The van der Waals surface area contributed by atoms with Gasteiger partial charge in [0.15, 0.2) is 0 Å². The van der Waals surface area contributed by atoms with Gasteiger partial charge >= 0.3 is 0 Å². The number of nitrogens with two attached hydrogens (primary N) is 1. The van der Waals surface area contributed by atoms with Crippen molar-refractivity contribution in [1.82, 2.24) is 0 Å². The van der Waals surface area contributed by atoms with Gasteiger partial charge in [0.2, 0.25) is 0 Å². The number of hydrogen-bond acceptors (Lipinski definition) is 3. The Labute approximate surface area is 116 Å². The van der Waals surface area contributed by atoms with E-state index in [9.17, 15) is 0 Å². The van der Waals surface area contributed by atoms with Crippen molar-refractivity contribution in [1.29, 1.82) is 0 Å². The van der Waals surface area contributed by atoms with Crippen LogP contribution >= 0.6 is 0 Å². The highest BCUT2D eigenvalue weighted by atomic mass is 16.5. The molecule has 1 unspecified atom stereocenters. The highest BCUT2D eigenvalue weighted by Crippen LogP contribution is 2.46. The fourth-order valence-corrected chi connectivity index (χ4v) is 3.30. The first-order valence-corrected chi connectivity index (χ1v) is 6.95. The Bertz CT molecular complexity index is 468. The monoisotopic (exact) mass is 262 g/mol. The van der Waals surface area contributed by atoms with Crippen LogP contribution in [0.2, 0.25) is 0 Å². The van der Waals surface area contributed by atoms with Crippen LogP contribution in [0, 0.1) is 6.92 Å². The molecule has 1 aliphatic heterocycles. The average Bonchev–Trinajstić information content (AvgIpc) is 2.47. The van der Waals surface area contributed by atoms with Gasteiger partial charge in [-0.05, 0) is 46.2 Å². The molecule has 0 radical (unpaired) electrons. The number of aryl methyl sites for hydroxylation is 1. The maximum absolute atomic E-state index is 6.21. The minimum atomic E-state index is -0.298. The van der Waals surface area contributed by atoms with E-state index in [-0.39, 0.29) is 16.7 Å². The molecule has 1 fully saturated rings. The van der Waals surface area contributed by atoms with E-state index in [1.807, 2.05) is 6.07 Å². The third kappa shape index (κ3) is 2.49. The molecule has 0 amide bonds. The predicted octanol–water partition coefficient (Wildman–Crippen LogP) is 3.08. The van der Waals surface area contributed by atoms with Gasteiger partial charge in [-0.25, -0.2) is 0 Å². The largest absolute Gasteiger partial charge is 0.375 e. The van der Waals surface area contributed by atoms with Gasteiger partial charge in [0, 0.05) is 18.7 Å². The summed E-state index contributed by atoms with van der Waals surface area (Å²) in [7, 11) is 0. The summed E-state index contributed by atoms with van der Waals surface area (Å²) in [5.41, 5.74) is 7.81. The van der Waals surface area contributed by atoms with E-state index in [1.54, 1.807) is 0 Å². The van der Waals surface area contributed by atoms with Crippen LogP contribution in [0.25, 0.3) is 0 Å². The molecular weight excluding hydrogens is 236 g/mol. The number of anilines is 1. The normalized spacial score (nSPS) is 28.3. The SMILES string of the molecule is Cc1ccccc1NC1(CN)CC(C)(C)OC1(C)C. The van der Waals surface area contributed by atoms with Crippen LogP contribution in [0.4, 0.5) is 5.69 Å². The smallest absolute Gasteiger partial charge is 0.0875 e. The quantitative estimate of drug-likeness (QED) is 0.880. The molecular formula is C16H26N2O. The Balaban J connectivity index is 2.37. The molecule has 1 saturated heterocycles. The molecule has 1 aromatic rings. The Hall–Kier alpha value is -1.06. The first-order chi connectivity index (χ1) is 8.71. The molecule has 1 aromatic carbocycles. The zero-order valence-electron chi connectivity index (χ0n) is 12.7. The molecule has 3 nitrogen and oxygen atoms in total.